The summed E-state index contributed by atoms with van der Waals surface area (Å²) in [5.74, 6) is -0.884. The summed E-state index contributed by atoms with van der Waals surface area (Å²) in [5.41, 5.74) is 7.06. The minimum absolute atomic E-state index is 0.0303. The molecule has 0 bridgehead atoms. The van der Waals surface area contributed by atoms with E-state index in [0.29, 0.717) is 16.3 Å². The summed E-state index contributed by atoms with van der Waals surface area (Å²) >= 11 is 3.77. The highest BCUT2D eigenvalue weighted by atomic mass is 32.2. The molecule has 2 aliphatic heterocycles. The van der Waals surface area contributed by atoms with Gasteiger partial charge in [-0.05, 0) is 19.4 Å². The third kappa shape index (κ3) is 2.87. The Bertz CT molecular complexity index is 754. The molecule has 1 saturated heterocycles. The van der Waals surface area contributed by atoms with E-state index in [0.717, 1.165) is 22.3 Å². The fraction of sp³-hybridized carbons (Fsp3) is 0.429. The highest BCUT2D eigenvalue weighted by Crippen LogP contribution is 2.40. The van der Waals surface area contributed by atoms with E-state index >= 15 is 0 Å². The first-order valence-electron chi connectivity index (χ1n) is 7.08. The summed E-state index contributed by atoms with van der Waals surface area (Å²) < 4.78 is 0. The van der Waals surface area contributed by atoms with Crippen molar-refractivity contribution in [3.63, 3.8) is 0 Å². The van der Waals surface area contributed by atoms with E-state index in [4.69, 9.17) is 5.73 Å². The van der Waals surface area contributed by atoms with Crippen LogP contribution < -0.4 is 5.73 Å². The summed E-state index contributed by atoms with van der Waals surface area (Å²) in [5, 5.41) is 9.35. The van der Waals surface area contributed by atoms with Crippen LogP contribution in [0.4, 0.5) is 0 Å². The number of rotatable bonds is 4. The molecule has 1 fully saturated rings. The molecule has 128 valence electrons. The number of carbonyl (C=O) groups excluding carboxylic acids is 2. The Morgan fingerprint density at radius 1 is 1.46 bits per heavy atom. The lowest BCUT2D eigenvalue weighted by atomic mass is 10.0. The number of nitrogens with zero attached hydrogens (tertiary/aromatic N) is 2. The quantitative estimate of drug-likeness (QED) is 0.744. The Balaban J connectivity index is 1.76. The number of aromatic nitrogens is 1. The maximum Gasteiger partial charge on any atom is 0.352 e. The monoisotopic (exact) mass is 385 g/mol. The van der Waals surface area contributed by atoms with Crippen LogP contribution in [0.25, 0.3) is 0 Å². The van der Waals surface area contributed by atoms with Gasteiger partial charge in [0.1, 0.15) is 17.1 Å². The molecule has 1 unspecified atom stereocenters. The van der Waals surface area contributed by atoms with Crippen LogP contribution in [0.3, 0.4) is 0 Å². The number of hydrogen-bond donors (Lipinski definition) is 2. The van der Waals surface area contributed by atoms with Crippen LogP contribution in [-0.4, -0.2) is 54.9 Å². The number of carboxylic acid groups (broad SMARTS) is 1. The maximum absolute atomic E-state index is 12.2. The first kappa shape index (κ1) is 17.5. The van der Waals surface area contributed by atoms with Gasteiger partial charge < -0.3 is 10.8 Å². The molecule has 2 aliphatic rings. The second-order valence-corrected chi connectivity index (χ2v) is 8.69. The number of β-lactam (4-membered cyclic amide) rings is 1. The predicted octanol–water partition coefficient (Wildman–Crippen LogP) is 1.21. The number of aliphatic carboxylic acids is 1. The topological polar surface area (TPSA) is 114 Å². The molecule has 1 aromatic rings. The van der Waals surface area contributed by atoms with Gasteiger partial charge in [0.15, 0.2) is 5.01 Å². The minimum atomic E-state index is -1.16. The van der Waals surface area contributed by atoms with Crippen molar-refractivity contribution in [2.75, 3.05) is 11.5 Å². The van der Waals surface area contributed by atoms with Gasteiger partial charge in [-0.1, -0.05) is 11.8 Å². The van der Waals surface area contributed by atoms with Crippen molar-refractivity contribution < 1.29 is 19.5 Å². The van der Waals surface area contributed by atoms with Crippen LogP contribution in [0, 0.1) is 13.8 Å². The number of nitrogens with two attached hydrogens (primary N) is 1. The minimum Gasteiger partial charge on any atom is -0.477 e. The largest absolute Gasteiger partial charge is 0.477 e. The van der Waals surface area contributed by atoms with E-state index < -0.39 is 12.0 Å². The van der Waals surface area contributed by atoms with Crippen molar-refractivity contribution in [3.8, 4) is 0 Å². The number of carbonyl (C=O) groups is 3. The molecule has 0 radical (unpaired) electrons. The van der Waals surface area contributed by atoms with Gasteiger partial charge in [0, 0.05) is 16.4 Å². The van der Waals surface area contributed by atoms with E-state index in [2.05, 4.69) is 4.98 Å². The van der Waals surface area contributed by atoms with Crippen molar-refractivity contribution in [1.82, 2.24) is 9.88 Å². The summed E-state index contributed by atoms with van der Waals surface area (Å²) in [6.45, 7) is 3.74. The molecule has 0 aromatic carbocycles. The van der Waals surface area contributed by atoms with E-state index in [1.165, 1.54) is 28.0 Å². The van der Waals surface area contributed by atoms with Crippen LogP contribution in [0.15, 0.2) is 11.3 Å². The van der Waals surface area contributed by atoms with Gasteiger partial charge in [-0.2, -0.15) is 0 Å². The van der Waals surface area contributed by atoms with Crippen LogP contribution in [0.5, 0.6) is 0 Å². The zero-order valence-electron chi connectivity index (χ0n) is 12.9. The fourth-order valence-electron chi connectivity index (χ4n) is 2.47. The molecule has 1 amide bonds. The van der Waals surface area contributed by atoms with Crippen molar-refractivity contribution in [1.29, 1.82) is 0 Å². The smallest absolute Gasteiger partial charge is 0.352 e. The second kappa shape index (κ2) is 6.51. The molecule has 3 N–H and O–H groups in total. The molecule has 3 rings (SSSR count). The van der Waals surface area contributed by atoms with Gasteiger partial charge in [-0.15, -0.1) is 23.1 Å². The average Bonchev–Trinajstić information content (AvgIpc) is 2.89. The number of aryl methyl sites for hydroxylation is 2. The normalized spacial score (nSPS) is 23.1. The number of thioether (sulfide) groups is 2. The Labute approximate surface area is 150 Å². The number of amides is 1. The molecule has 0 aliphatic carbocycles. The van der Waals surface area contributed by atoms with E-state index in [1.54, 1.807) is 0 Å². The Hall–Kier alpha value is -1.36. The van der Waals surface area contributed by atoms with Crippen molar-refractivity contribution in [3.05, 3.63) is 26.8 Å². The highest BCUT2D eigenvalue weighted by molar-refractivity contribution is 8.14. The van der Waals surface area contributed by atoms with Gasteiger partial charge in [0.25, 0.3) is 0 Å². The zero-order valence-corrected chi connectivity index (χ0v) is 15.4. The molecule has 0 saturated carbocycles. The standard InChI is InChI=1S/C14H15N3O4S3/c1-5-6(2)24-10(16-5)14(21)23-4-7-3-22-12-8(15)11(18)17(12)9(7)13(19)20/h8,12H,3-4,15H2,1-2H3,(H,19,20)/t8?,12-/m1/s1. The molecule has 1 aromatic heterocycles. The van der Waals surface area contributed by atoms with Gasteiger partial charge in [-0.25, -0.2) is 9.78 Å². The number of carboxylic acids is 1. The molecular weight excluding hydrogens is 370 g/mol. The summed E-state index contributed by atoms with van der Waals surface area (Å²) in [7, 11) is 0. The van der Waals surface area contributed by atoms with Crippen LogP contribution in [0.2, 0.25) is 0 Å². The molecule has 0 spiro atoms. The first-order valence-corrected chi connectivity index (χ1v) is 9.93. The Morgan fingerprint density at radius 3 is 2.75 bits per heavy atom. The van der Waals surface area contributed by atoms with Gasteiger partial charge in [0.2, 0.25) is 11.0 Å². The summed E-state index contributed by atoms with van der Waals surface area (Å²) in [6.07, 6.45) is 0. The van der Waals surface area contributed by atoms with Crippen LogP contribution >= 0.6 is 34.9 Å². The number of thiazole rings is 1. The maximum atomic E-state index is 12.2. The summed E-state index contributed by atoms with van der Waals surface area (Å²) in [4.78, 5) is 42.1. The Kier molecular flexibility index (Phi) is 4.73. The van der Waals surface area contributed by atoms with Gasteiger partial charge in [-0.3, -0.25) is 14.5 Å². The van der Waals surface area contributed by atoms with Crippen LogP contribution in [0.1, 0.15) is 20.4 Å². The van der Waals surface area contributed by atoms with E-state index in [1.807, 2.05) is 13.8 Å². The van der Waals surface area contributed by atoms with Crippen molar-refractivity contribution in [2.45, 2.75) is 25.3 Å². The molecule has 10 heteroatoms. The zero-order chi connectivity index (χ0) is 17.6. The summed E-state index contributed by atoms with van der Waals surface area (Å²) in [6, 6.07) is -0.651. The molecule has 24 heavy (non-hydrogen) atoms. The lowest BCUT2D eigenvalue weighted by Crippen LogP contribution is -2.68. The fourth-order valence-corrected chi connectivity index (χ4v) is 5.65. The SMILES string of the molecule is Cc1nc(C(=O)SCC2=C(C(=O)O)N3C(=O)C(N)[C@H]3SC2)sc1C. The molecule has 7 nitrogen and oxygen atoms in total. The number of fused-ring (bicyclic) bond motifs is 1. The van der Waals surface area contributed by atoms with Crippen molar-refractivity contribution in [2.24, 2.45) is 5.73 Å². The third-order valence-electron chi connectivity index (χ3n) is 3.87. The lowest BCUT2D eigenvalue weighted by Gasteiger charge is -2.48. The van der Waals surface area contributed by atoms with Gasteiger partial charge in [0.05, 0.1) is 5.69 Å². The second-order valence-electron chi connectivity index (χ2n) is 5.43. The lowest BCUT2D eigenvalue weighted by molar-refractivity contribution is -0.147. The highest BCUT2D eigenvalue weighted by Gasteiger charge is 2.51. The molecule has 2 atom stereocenters. The van der Waals surface area contributed by atoms with Crippen LogP contribution in [-0.2, 0) is 9.59 Å². The average molecular weight is 385 g/mol. The third-order valence-corrected chi connectivity index (χ3v) is 7.38. The van der Waals surface area contributed by atoms with E-state index in [9.17, 15) is 19.5 Å². The van der Waals surface area contributed by atoms with E-state index in [-0.39, 0.29) is 27.8 Å². The molecular formula is C14H15N3O4S3. The Morgan fingerprint density at radius 2 is 2.17 bits per heavy atom. The van der Waals surface area contributed by atoms with Crippen molar-refractivity contribution >= 4 is 51.9 Å². The first-order chi connectivity index (χ1) is 11.3. The molecule has 3 heterocycles. The van der Waals surface area contributed by atoms with Gasteiger partial charge >= 0.3 is 5.97 Å². The predicted molar refractivity (Wildman–Crippen MR) is 94.1 cm³/mol. The number of hydrogen-bond acceptors (Lipinski definition) is 8.